The summed E-state index contributed by atoms with van der Waals surface area (Å²) in [6, 6.07) is 7.47. The quantitative estimate of drug-likeness (QED) is 0.758. The summed E-state index contributed by atoms with van der Waals surface area (Å²) in [6.07, 6.45) is 5.06. The number of para-hydroxylation sites is 1. The van der Waals surface area contributed by atoms with Crippen LogP contribution < -0.4 is 10.6 Å². The van der Waals surface area contributed by atoms with E-state index in [2.05, 4.69) is 10.6 Å². The van der Waals surface area contributed by atoms with Crippen LogP contribution in [0.1, 0.15) is 37.7 Å². The van der Waals surface area contributed by atoms with E-state index in [-0.39, 0.29) is 23.8 Å². The van der Waals surface area contributed by atoms with Gasteiger partial charge in [0.05, 0.1) is 11.8 Å². The Labute approximate surface area is 145 Å². The number of nitrogens with zero attached hydrogens (tertiary/aromatic N) is 1. The lowest BCUT2D eigenvalue weighted by molar-refractivity contribution is -0.145. The van der Waals surface area contributed by atoms with Gasteiger partial charge in [0.25, 0.3) is 0 Å². The first-order valence-electron chi connectivity index (χ1n) is 9.17. The number of anilines is 1. The van der Waals surface area contributed by atoms with Crippen molar-refractivity contribution < 1.29 is 14.4 Å². The average molecular weight is 339 g/mol. The molecular weight excluding hydrogens is 318 g/mol. The van der Waals surface area contributed by atoms with E-state index >= 15 is 0 Å². The molecule has 2 saturated heterocycles. The lowest BCUT2D eigenvalue weighted by Crippen LogP contribution is -2.53. The maximum atomic E-state index is 13.3. The van der Waals surface area contributed by atoms with Gasteiger partial charge in [-0.2, -0.15) is 0 Å². The summed E-state index contributed by atoms with van der Waals surface area (Å²) < 4.78 is 0. The van der Waals surface area contributed by atoms with Crippen molar-refractivity contribution in [1.29, 1.82) is 0 Å². The standard InChI is InChI=1S/C19H21N3O3/c23-16-12-10-20-19(13-8-4-5-9-14(13)21-18(19)25)15(12)17(24)22(16)11-6-2-1-3-7-11/h4-5,8-9,11-12,15,20H,1-3,6-7,10H2,(H,21,25)/t12-,15-,19-/m1/s1. The van der Waals surface area contributed by atoms with E-state index in [1.165, 1.54) is 11.3 Å². The van der Waals surface area contributed by atoms with E-state index in [0.717, 1.165) is 36.9 Å². The zero-order valence-electron chi connectivity index (χ0n) is 14.0. The third-order valence-electron chi connectivity index (χ3n) is 6.43. The maximum Gasteiger partial charge on any atom is 0.250 e. The molecule has 3 amide bonds. The topological polar surface area (TPSA) is 78.5 Å². The molecule has 5 rings (SSSR count). The normalized spacial score (nSPS) is 34.6. The van der Waals surface area contributed by atoms with Gasteiger partial charge >= 0.3 is 0 Å². The molecule has 1 spiro atoms. The van der Waals surface area contributed by atoms with E-state index in [4.69, 9.17) is 0 Å². The lowest BCUT2D eigenvalue weighted by Gasteiger charge is -2.33. The number of benzene rings is 1. The summed E-state index contributed by atoms with van der Waals surface area (Å²) in [7, 11) is 0. The van der Waals surface area contributed by atoms with Gasteiger partial charge in [-0.3, -0.25) is 24.6 Å². The van der Waals surface area contributed by atoms with Gasteiger partial charge in [-0.25, -0.2) is 0 Å². The summed E-state index contributed by atoms with van der Waals surface area (Å²) in [5, 5.41) is 6.13. The van der Waals surface area contributed by atoms with E-state index in [0.29, 0.717) is 6.54 Å². The summed E-state index contributed by atoms with van der Waals surface area (Å²) in [5.41, 5.74) is 0.424. The van der Waals surface area contributed by atoms with Gasteiger partial charge in [-0.15, -0.1) is 0 Å². The molecule has 3 atom stereocenters. The van der Waals surface area contributed by atoms with Crippen molar-refractivity contribution in [2.24, 2.45) is 11.8 Å². The molecule has 4 aliphatic rings. The number of hydrogen-bond acceptors (Lipinski definition) is 4. The molecule has 3 heterocycles. The fraction of sp³-hybridized carbons (Fsp3) is 0.526. The van der Waals surface area contributed by atoms with Crippen LogP contribution >= 0.6 is 0 Å². The number of carbonyl (C=O) groups is 3. The molecule has 2 N–H and O–H groups in total. The van der Waals surface area contributed by atoms with Crippen molar-refractivity contribution in [3.8, 4) is 0 Å². The van der Waals surface area contributed by atoms with E-state index in [9.17, 15) is 14.4 Å². The molecule has 0 aromatic heterocycles. The zero-order valence-corrected chi connectivity index (χ0v) is 14.0. The molecule has 0 unspecified atom stereocenters. The van der Waals surface area contributed by atoms with Crippen molar-refractivity contribution in [3.63, 3.8) is 0 Å². The monoisotopic (exact) mass is 339 g/mol. The number of nitrogens with one attached hydrogen (secondary N) is 2. The molecule has 1 aromatic rings. The minimum absolute atomic E-state index is 0.0103. The first kappa shape index (κ1) is 15.1. The smallest absolute Gasteiger partial charge is 0.250 e. The van der Waals surface area contributed by atoms with Crippen molar-refractivity contribution in [2.75, 3.05) is 11.9 Å². The first-order chi connectivity index (χ1) is 12.1. The van der Waals surface area contributed by atoms with Gasteiger partial charge < -0.3 is 5.32 Å². The predicted molar refractivity (Wildman–Crippen MR) is 90.5 cm³/mol. The Hall–Kier alpha value is -2.21. The van der Waals surface area contributed by atoms with Crippen LogP contribution in [0.3, 0.4) is 0 Å². The average Bonchev–Trinajstić information content (AvgIpc) is 3.24. The number of carbonyl (C=O) groups excluding carboxylic acids is 3. The van der Waals surface area contributed by atoms with E-state index < -0.39 is 17.4 Å². The first-order valence-corrected chi connectivity index (χ1v) is 9.17. The second kappa shape index (κ2) is 5.14. The number of likely N-dealkylation sites (tertiary alicyclic amines) is 1. The minimum Gasteiger partial charge on any atom is -0.324 e. The number of rotatable bonds is 1. The molecule has 3 fully saturated rings. The highest BCUT2D eigenvalue weighted by Gasteiger charge is 2.68. The highest BCUT2D eigenvalue weighted by Crippen LogP contribution is 2.51. The van der Waals surface area contributed by atoms with E-state index in [1.807, 2.05) is 24.3 Å². The Morgan fingerprint density at radius 1 is 1.00 bits per heavy atom. The molecule has 0 radical (unpaired) electrons. The summed E-state index contributed by atoms with van der Waals surface area (Å²) >= 11 is 0. The van der Waals surface area contributed by atoms with Gasteiger partial charge in [0.2, 0.25) is 17.7 Å². The van der Waals surface area contributed by atoms with Crippen LogP contribution in [-0.2, 0) is 19.9 Å². The molecule has 1 aromatic carbocycles. The molecule has 130 valence electrons. The maximum absolute atomic E-state index is 13.3. The van der Waals surface area contributed by atoms with Gasteiger partial charge in [0, 0.05) is 23.8 Å². The number of imide groups is 1. The van der Waals surface area contributed by atoms with Gasteiger partial charge in [-0.05, 0) is 18.9 Å². The molecule has 0 bridgehead atoms. The minimum atomic E-state index is -1.10. The Morgan fingerprint density at radius 2 is 1.76 bits per heavy atom. The molecular formula is C19H21N3O3. The molecule has 6 heteroatoms. The summed E-state index contributed by atoms with van der Waals surface area (Å²) in [5.74, 6) is -1.55. The zero-order chi connectivity index (χ0) is 17.2. The van der Waals surface area contributed by atoms with Gasteiger partial charge in [-0.1, -0.05) is 37.5 Å². The van der Waals surface area contributed by atoms with Crippen molar-refractivity contribution in [3.05, 3.63) is 29.8 Å². The molecule has 6 nitrogen and oxygen atoms in total. The van der Waals surface area contributed by atoms with Crippen LogP contribution in [0.25, 0.3) is 0 Å². The van der Waals surface area contributed by atoms with Crippen LogP contribution in [0.4, 0.5) is 5.69 Å². The Bertz CT molecular complexity index is 786. The van der Waals surface area contributed by atoms with Crippen LogP contribution in [0.5, 0.6) is 0 Å². The second-order valence-electron chi connectivity index (χ2n) is 7.61. The van der Waals surface area contributed by atoms with E-state index in [1.54, 1.807) is 0 Å². The van der Waals surface area contributed by atoms with Crippen molar-refractivity contribution in [1.82, 2.24) is 10.2 Å². The summed E-state index contributed by atoms with van der Waals surface area (Å²) in [4.78, 5) is 40.7. The largest absolute Gasteiger partial charge is 0.324 e. The van der Waals surface area contributed by atoms with Gasteiger partial charge in [0.15, 0.2) is 0 Å². The lowest BCUT2D eigenvalue weighted by atomic mass is 9.77. The Morgan fingerprint density at radius 3 is 2.56 bits per heavy atom. The third-order valence-corrected chi connectivity index (χ3v) is 6.43. The van der Waals surface area contributed by atoms with Crippen LogP contribution in [0.15, 0.2) is 24.3 Å². The second-order valence-corrected chi connectivity index (χ2v) is 7.61. The van der Waals surface area contributed by atoms with Crippen molar-refractivity contribution in [2.45, 2.75) is 43.7 Å². The highest BCUT2D eigenvalue weighted by atomic mass is 16.2. The number of amides is 3. The van der Waals surface area contributed by atoms with Crippen LogP contribution in [-0.4, -0.2) is 35.2 Å². The van der Waals surface area contributed by atoms with Crippen LogP contribution in [0.2, 0.25) is 0 Å². The van der Waals surface area contributed by atoms with Crippen molar-refractivity contribution >= 4 is 23.4 Å². The molecule has 3 aliphatic heterocycles. The number of fused-ring (bicyclic) bond motifs is 4. The molecule has 1 saturated carbocycles. The fourth-order valence-electron chi connectivity index (χ4n) is 5.29. The fourth-order valence-corrected chi connectivity index (χ4v) is 5.29. The Kier molecular flexibility index (Phi) is 3.10. The Balaban J connectivity index is 1.57. The molecule has 1 aliphatic carbocycles. The molecule has 25 heavy (non-hydrogen) atoms. The van der Waals surface area contributed by atoms with Crippen LogP contribution in [0, 0.1) is 11.8 Å². The SMILES string of the molecule is O=C1[C@@H]2CN[C@@]3(C(=O)Nc4ccccc43)[C@H]2C(=O)N1C1CCCCC1. The highest BCUT2D eigenvalue weighted by molar-refractivity contribution is 6.15. The summed E-state index contributed by atoms with van der Waals surface area (Å²) in [6.45, 7) is 0.375. The number of hydrogen-bond donors (Lipinski definition) is 2. The third kappa shape index (κ3) is 1.80. The van der Waals surface area contributed by atoms with Gasteiger partial charge in [0.1, 0.15) is 5.54 Å². The predicted octanol–water partition coefficient (Wildman–Crippen LogP) is 1.37.